The third kappa shape index (κ3) is 5.27. The number of morpholine rings is 1. The molecule has 1 aromatic carbocycles. The third-order valence-electron chi connectivity index (χ3n) is 4.56. The summed E-state index contributed by atoms with van der Waals surface area (Å²) < 4.78 is 37.6. The van der Waals surface area contributed by atoms with Crippen LogP contribution in [0.1, 0.15) is 10.4 Å². The largest absolute Gasteiger partial charge is 0.496 e. The molecule has 0 saturated carbocycles. The van der Waals surface area contributed by atoms with Crippen LogP contribution >= 0.6 is 11.3 Å². The number of methoxy groups -OCH3 is 1. The third-order valence-corrected chi connectivity index (χ3v) is 8.01. The fourth-order valence-corrected chi connectivity index (χ4v) is 5.82. The van der Waals surface area contributed by atoms with Gasteiger partial charge in [0.2, 0.25) is 0 Å². The monoisotopic (exact) mass is 439 g/mol. The molecule has 1 saturated heterocycles. The Morgan fingerprint density at radius 3 is 2.69 bits per heavy atom. The number of benzene rings is 1. The van der Waals surface area contributed by atoms with Crippen molar-refractivity contribution in [1.82, 2.24) is 14.5 Å². The molecule has 1 aliphatic heterocycles. The van der Waals surface area contributed by atoms with Crippen LogP contribution in [0, 0.1) is 0 Å². The van der Waals surface area contributed by atoms with Crippen molar-refractivity contribution >= 4 is 27.4 Å². The Balaban J connectivity index is 1.56. The van der Waals surface area contributed by atoms with Gasteiger partial charge in [-0.15, -0.1) is 11.3 Å². The summed E-state index contributed by atoms with van der Waals surface area (Å²) in [6, 6.07) is 10.6. The summed E-state index contributed by atoms with van der Waals surface area (Å²) in [5, 5.41) is 2.83. The molecular weight excluding hydrogens is 414 g/mol. The van der Waals surface area contributed by atoms with Gasteiger partial charge in [-0.1, -0.05) is 18.2 Å². The molecule has 2 aromatic rings. The molecule has 29 heavy (non-hydrogen) atoms. The van der Waals surface area contributed by atoms with E-state index in [9.17, 15) is 13.2 Å². The van der Waals surface area contributed by atoms with Crippen LogP contribution in [0.5, 0.6) is 5.75 Å². The first-order valence-corrected chi connectivity index (χ1v) is 11.4. The first-order chi connectivity index (χ1) is 13.9. The standard InChI is InChI=1S/C19H25N3O5S2/c1-21(14-15-5-3-4-6-17(15)26-2)19(23)20-13-16-7-8-18(28-16)29(24,25)22-9-11-27-12-10-22/h3-8H,9-14H2,1-2H3,(H,20,23). The topological polar surface area (TPSA) is 88.2 Å². The smallest absolute Gasteiger partial charge is 0.317 e. The predicted molar refractivity (Wildman–Crippen MR) is 111 cm³/mol. The molecule has 1 aliphatic rings. The molecule has 0 bridgehead atoms. The van der Waals surface area contributed by atoms with Crippen LogP contribution in [0.4, 0.5) is 4.79 Å². The molecule has 8 nitrogen and oxygen atoms in total. The number of nitrogens with zero attached hydrogens (tertiary/aromatic N) is 2. The molecule has 2 heterocycles. The maximum Gasteiger partial charge on any atom is 0.317 e. The fraction of sp³-hybridized carbons (Fsp3) is 0.421. The Morgan fingerprint density at radius 1 is 1.24 bits per heavy atom. The van der Waals surface area contributed by atoms with Gasteiger partial charge >= 0.3 is 6.03 Å². The average molecular weight is 440 g/mol. The van der Waals surface area contributed by atoms with Gasteiger partial charge < -0.3 is 19.7 Å². The summed E-state index contributed by atoms with van der Waals surface area (Å²) in [4.78, 5) is 14.7. The molecule has 0 radical (unpaired) electrons. The van der Waals surface area contributed by atoms with Gasteiger partial charge in [0, 0.05) is 30.6 Å². The molecule has 2 amide bonds. The molecule has 1 fully saturated rings. The molecule has 0 unspecified atom stereocenters. The van der Waals surface area contributed by atoms with Gasteiger partial charge in [0.1, 0.15) is 9.96 Å². The summed E-state index contributed by atoms with van der Waals surface area (Å²) in [5.74, 6) is 0.725. The first-order valence-electron chi connectivity index (χ1n) is 9.19. The van der Waals surface area contributed by atoms with Gasteiger partial charge in [-0.25, -0.2) is 13.2 Å². The number of rotatable bonds is 7. The number of carbonyl (C=O) groups is 1. The van der Waals surface area contributed by atoms with Crippen LogP contribution in [0.3, 0.4) is 0 Å². The second-order valence-electron chi connectivity index (χ2n) is 6.56. The quantitative estimate of drug-likeness (QED) is 0.714. The zero-order valence-corrected chi connectivity index (χ0v) is 18.1. The summed E-state index contributed by atoms with van der Waals surface area (Å²) in [7, 11) is -0.215. The molecule has 1 aromatic heterocycles. The normalized spacial score (nSPS) is 15.1. The lowest BCUT2D eigenvalue weighted by Gasteiger charge is -2.25. The van der Waals surface area contributed by atoms with Gasteiger partial charge in [-0.05, 0) is 18.2 Å². The molecule has 3 rings (SSSR count). The van der Waals surface area contributed by atoms with Crippen LogP contribution in [0.25, 0.3) is 0 Å². The van der Waals surface area contributed by atoms with Gasteiger partial charge in [-0.3, -0.25) is 0 Å². The van der Waals surface area contributed by atoms with Crippen LogP contribution in [0.2, 0.25) is 0 Å². The number of thiophene rings is 1. The second-order valence-corrected chi connectivity index (χ2v) is 9.90. The number of para-hydroxylation sites is 1. The Bertz CT molecular complexity index is 939. The Hall–Kier alpha value is -2.14. The SMILES string of the molecule is COc1ccccc1CN(C)C(=O)NCc1ccc(S(=O)(=O)N2CCOCC2)s1. The summed E-state index contributed by atoms with van der Waals surface area (Å²) in [6.45, 7) is 2.20. The molecule has 0 atom stereocenters. The highest BCUT2D eigenvalue weighted by molar-refractivity contribution is 7.91. The van der Waals surface area contributed by atoms with Crippen molar-refractivity contribution in [3.8, 4) is 5.75 Å². The van der Waals surface area contributed by atoms with E-state index >= 15 is 0 Å². The van der Waals surface area contributed by atoms with E-state index in [2.05, 4.69) is 5.32 Å². The van der Waals surface area contributed by atoms with E-state index in [0.29, 0.717) is 32.8 Å². The van der Waals surface area contributed by atoms with E-state index in [-0.39, 0.29) is 16.8 Å². The summed E-state index contributed by atoms with van der Waals surface area (Å²) >= 11 is 1.17. The Kier molecular flexibility index (Phi) is 7.12. The van der Waals surface area contributed by atoms with Crippen molar-refractivity contribution in [3.63, 3.8) is 0 Å². The van der Waals surface area contributed by atoms with Crippen LogP contribution < -0.4 is 10.1 Å². The summed E-state index contributed by atoms with van der Waals surface area (Å²) in [6.07, 6.45) is 0. The minimum absolute atomic E-state index is 0.248. The predicted octanol–water partition coefficient (Wildman–Crippen LogP) is 2.12. The highest BCUT2D eigenvalue weighted by Gasteiger charge is 2.27. The van der Waals surface area contributed by atoms with Crippen molar-refractivity contribution < 1.29 is 22.7 Å². The van der Waals surface area contributed by atoms with Gasteiger partial charge in [-0.2, -0.15) is 4.31 Å². The highest BCUT2D eigenvalue weighted by Crippen LogP contribution is 2.25. The minimum Gasteiger partial charge on any atom is -0.496 e. The lowest BCUT2D eigenvalue weighted by molar-refractivity contribution is 0.0731. The number of ether oxygens (including phenoxy) is 2. The molecule has 0 spiro atoms. The van der Waals surface area contributed by atoms with Crippen molar-refractivity contribution in [2.45, 2.75) is 17.3 Å². The van der Waals surface area contributed by atoms with Gasteiger partial charge in [0.05, 0.1) is 33.4 Å². The van der Waals surface area contributed by atoms with Gasteiger partial charge in [0.25, 0.3) is 10.0 Å². The number of carbonyl (C=O) groups excluding carboxylic acids is 1. The number of amides is 2. The number of urea groups is 1. The molecule has 158 valence electrons. The molecular formula is C19H25N3O5S2. The van der Waals surface area contributed by atoms with E-state index in [1.54, 1.807) is 31.2 Å². The van der Waals surface area contributed by atoms with E-state index in [1.807, 2.05) is 24.3 Å². The van der Waals surface area contributed by atoms with Crippen molar-refractivity contribution in [2.24, 2.45) is 0 Å². The Morgan fingerprint density at radius 2 is 1.97 bits per heavy atom. The minimum atomic E-state index is -3.51. The van der Waals surface area contributed by atoms with E-state index < -0.39 is 10.0 Å². The maximum absolute atomic E-state index is 12.7. The fourth-order valence-electron chi connectivity index (χ4n) is 2.96. The molecule has 1 N–H and O–H groups in total. The Labute approximate surface area is 175 Å². The lowest BCUT2D eigenvalue weighted by Crippen LogP contribution is -2.40. The maximum atomic E-state index is 12.7. The van der Waals surface area contributed by atoms with Crippen molar-refractivity contribution in [2.75, 3.05) is 40.5 Å². The zero-order valence-electron chi connectivity index (χ0n) is 16.5. The lowest BCUT2D eigenvalue weighted by atomic mass is 10.2. The van der Waals surface area contributed by atoms with Crippen LogP contribution in [-0.4, -0.2) is 64.1 Å². The van der Waals surface area contributed by atoms with Crippen LogP contribution in [0.15, 0.2) is 40.6 Å². The van der Waals surface area contributed by atoms with Gasteiger partial charge in [0.15, 0.2) is 0 Å². The zero-order chi connectivity index (χ0) is 20.9. The van der Waals surface area contributed by atoms with E-state index in [4.69, 9.17) is 9.47 Å². The van der Waals surface area contributed by atoms with Crippen molar-refractivity contribution in [1.29, 1.82) is 0 Å². The summed E-state index contributed by atoms with van der Waals surface area (Å²) in [5.41, 5.74) is 0.905. The molecule has 10 heteroatoms. The number of nitrogens with one attached hydrogen (secondary N) is 1. The number of sulfonamides is 1. The second kappa shape index (κ2) is 9.57. The van der Waals surface area contributed by atoms with Crippen molar-refractivity contribution in [3.05, 3.63) is 46.8 Å². The molecule has 0 aliphatic carbocycles. The van der Waals surface area contributed by atoms with Crippen LogP contribution in [-0.2, 0) is 27.8 Å². The van der Waals surface area contributed by atoms with E-state index in [0.717, 1.165) is 16.2 Å². The highest BCUT2D eigenvalue weighted by atomic mass is 32.2. The first kappa shape index (κ1) is 21.6. The number of hydrogen-bond donors (Lipinski definition) is 1. The van der Waals surface area contributed by atoms with E-state index in [1.165, 1.54) is 15.6 Å². The average Bonchev–Trinajstić information content (AvgIpc) is 3.23. The number of hydrogen-bond acceptors (Lipinski definition) is 6.